The summed E-state index contributed by atoms with van der Waals surface area (Å²) >= 11 is 5.98. The molecule has 0 spiro atoms. The summed E-state index contributed by atoms with van der Waals surface area (Å²) in [5.74, 6) is 0.182. The predicted octanol–water partition coefficient (Wildman–Crippen LogP) is 7.17. The minimum Gasteiger partial charge on any atom is -0.490 e. The van der Waals surface area contributed by atoms with Gasteiger partial charge in [0.1, 0.15) is 23.6 Å². The summed E-state index contributed by atoms with van der Waals surface area (Å²) in [5.41, 5.74) is 2.01. The quantitative estimate of drug-likeness (QED) is 0.229. The zero-order valence-corrected chi connectivity index (χ0v) is 24.6. The van der Waals surface area contributed by atoms with Gasteiger partial charge in [0.15, 0.2) is 0 Å². The Bertz CT molecular complexity index is 1680. The lowest BCUT2D eigenvalue weighted by Crippen LogP contribution is -2.52. The van der Waals surface area contributed by atoms with Crippen molar-refractivity contribution in [3.8, 4) is 22.6 Å². The van der Waals surface area contributed by atoms with Crippen molar-refractivity contribution < 1.29 is 27.8 Å². The molecule has 2 fully saturated rings. The van der Waals surface area contributed by atoms with E-state index in [1.807, 2.05) is 66.7 Å². The van der Waals surface area contributed by atoms with E-state index in [0.29, 0.717) is 17.2 Å². The number of halogens is 1. The van der Waals surface area contributed by atoms with Crippen molar-refractivity contribution in [2.45, 2.75) is 61.7 Å². The second-order valence-electron chi connectivity index (χ2n) is 11.0. The second kappa shape index (κ2) is 12.0. The highest BCUT2D eigenvalue weighted by molar-refractivity contribution is 7.89. The molecule has 0 unspecified atom stereocenters. The van der Waals surface area contributed by atoms with Crippen molar-refractivity contribution in [1.82, 2.24) is 4.31 Å². The fourth-order valence-electron chi connectivity index (χ4n) is 5.86. The minimum absolute atomic E-state index is 0.0407. The maximum Gasteiger partial charge on any atom is 0.322 e. The van der Waals surface area contributed by atoms with Crippen LogP contribution in [0.1, 0.15) is 38.5 Å². The summed E-state index contributed by atoms with van der Waals surface area (Å²) in [4.78, 5) is 12.3. The second-order valence-corrected chi connectivity index (χ2v) is 13.3. The lowest BCUT2D eigenvalue weighted by molar-refractivity contribution is -0.143. The highest BCUT2D eigenvalue weighted by Crippen LogP contribution is 2.32. The Kier molecular flexibility index (Phi) is 8.12. The van der Waals surface area contributed by atoms with Crippen LogP contribution in [0.2, 0.25) is 5.02 Å². The average molecular weight is 606 g/mol. The summed E-state index contributed by atoms with van der Waals surface area (Å²) < 4.78 is 40.7. The van der Waals surface area contributed by atoms with Crippen LogP contribution in [0.25, 0.3) is 21.9 Å². The van der Waals surface area contributed by atoms with E-state index in [1.165, 1.54) is 12.8 Å². The first-order valence-corrected chi connectivity index (χ1v) is 16.1. The summed E-state index contributed by atoms with van der Waals surface area (Å²) in [6, 6.07) is 24.4. The van der Waals surface area contributed by atoms with Crippen LogP contribution in [0.15, 0.2) is 89.8 Å². The molecule has 4 aromatic rings. The molecule has 1 aliphatic heterocycles. The van der Waals surface area contributed by atoms with E-state index >= 15 is 0 Å². The van der Waals surface area contributed by atoms with Gasteiger partial charge in [-0.3, -0.25) is 4.79 Å². The maximum atomic E-state index is 13.7. The standard InChI is InChI=1S/C33H32ClNO6S/c34-26-11-5-22(6-12-26)23-7-13-28(14-8-23)41-30-17-18-35(32(21-30)33(36)37)42(38,39)31-16-10-24-19-29(15-9-25(24)20-31)40-27-3-1-2-4-27/h5-16,19-20,27,30,32H,1-4,17-18,21H2,(H,36,37)/t30-,32-/m1/s1. The molecule has 1 N–H and O–H groups in total. The van der Waals surface area contributed by atoms with Gasteiger partial charge in [0.2, 0.25) is 10.0 Å². The maximum absolute atomic E-state index is 13.7. The van der Waals surface area contributed by atoms with Crippen LogP contribution in [0.3, 0.4) is 0 Å². The number of benzene rings is 4. The fourth-order valence-corrected chi connectivity index (χ4v) is 7.63. The molecule has 2 atom stereocenters. The molecule has 1 heterocycles. The number of piperidine rings is 1. The Hall–Kier alpha value is -3.59. The smallest absolute Gasteiger partial charge is 0.322 e. The lowest BCUT2D eigenvalue weighted by Gasteiger charge is -2.36. The van der Waals surface area contributed by atoms with Gasteiger partial charge < -0.3 is 14.6 Å². The number of aliphatic carboxylic acids is 1. The highest BCUT2D eigenvalue weighted by atomic mass is 35.5. The number of sulfonamides is 1. The van der Waals surface area contributed by atoms with Crippen LogP contribution >= 0.6 is 11.6 Å². The SMILES string of the molecule is O=C(O)[C@H]1C[C@H](Oc2ccc(-c3ccc(Cl)cc3)cc2)CCN1S(=O)(=O)c1ccc2cc(OC3CCCC3)ccc2c1. The van der Waals surface area contributed by atoms with Crippen molar-refractivity contribution in [1.29, 1.82) is 0 Å². The largest absolute Gasteiger partial charge is 0.490 e. The fraction of sp³-hybridized carbons (Fsp3) is 0.303. The molecule has 0 radical (unpaired) electrons. The van der Waals surface area contributed by atoms with E-state index in [2.05, 4.69) is 0 Å². The number of rotatable bonds is 8. The first-order valence-electron chi connectivity index (χ1n) is 14.2. The summed E-state index contributed by atoms with van der Waals surface area (Å²) in [5, 5.41) is 12.3. The molecule has 1 saturated carbocycles. The van der Waals surface area contributed by atoms with Gasteiger partial charge in [-0.05, 0) is 103 Å². The van der Waals surface area contributed by atoms with Crippen LogP contribution in [0.5, 0.6) is 11.5 Å². The molecule has 218 valence electrons. The molecular weight excluding hydrogens is 574 g/mol. The molecule has 2 aliphatic rings. The van der Waals surface area contributed by atoms with E-state index < -0.39 is 28.1 Å². The Morgan fingerprint density at radius 2 is 1.36 bits per heavy atom. The minimum atomic E-state index is -4.06. The molecule has 0 bridgehead atoms. The van der Waals surface area contributed by atoms with Crippen LogP contribution in [0, 0.1) is 0 Å². The third kappa shape index (κ3) is 6.11. The zero-order valence-electron chi connectivity index (χ0n) is 23.0. The van der Waals surface area contributed by atoms with E-state index in [1.54, 1.807) is 18.2 Å². The topological polar surface area (TPSA) is 93.1 Å². The van der Waals surface area contributed by atoms with Gasteiger partial charge in [-0.2, -0.15) is 4.31 Å². The Labute approximate surface area is 250 Å². The van der Waals surface area contributed by atoms with E-state index in [9.17, 15) is 18.3 Å². The number of carboxylic acid groups (broad SMARTS) is 1. The molecule has 9 heteroatoms. The number of carboxylic acids is 1. The number of hydrogen-bond acceptors (Lipinski definition) is 5. The van der Waals surface area contributed by atoms with Gasteiger partial charge in [-0.15, -0.1) is 0 Å². The monoisotopic (exact) mass is 605 g/mol. The van der Waals surface area contributed by atoms with Crippen LogP contribution in [0.4, 0.5) is 0 Å². The van der Waals surface area contributed by atoms with Crippen LogP contribution in [-0.4, -0.2) is 48.6 Å². The third-order valence-electron chi connectivity index (χ3n) is 8.12. The molecule has 1 saturated heterocycles. The van der Waals surface area contributed by atoms with Gasteiger partial charge in [0.25, 0.3) is 0 Å². The van der Waals surface area contributed by atoms with Gasteiger partial charge in [-0.25, -0.2) is 8.42 Å². The summed E-state index contributed by atoms with van der Waals surface area (Å²) in [7, 11) is -4.06. The van der Waals surface area contributed by atoms with Crippen molar-refractivity contribution >= 4 is 38.4 Å². The number of ether oxygens (including phenoxy) is 2. The summed E-state index contributed by atoms with van der Waals surface area (Å²) in [6.45, 7) is 0.0407. The molecule has 42 heavy (non-hydrogen) atoms. The number of fused-ring (bicyclic) bond motifs is 1. The molecule has 7 nitrogen and oxygen atoms in total. The molecule has 0 aromatic heterocycles. The van der Waals surface area contributed by atoms with E-state index in [-0.39, 0.29) is 24.0 Å². The number of hydrogen-bond donors (Lipinski definition) is 1. The van der Waals surface area contributed by atoms with Crippen molar-refractivity contribution in [2.75, 3.05) is 6.54 Å². The number of nitrogens with zero attached hydrogens (tertiary/aromatic N) is 1. The number of carbonyl (C=O) groups is 1. The first-order chi connectivity index (χ1) is 20.3. The normalized spacial score (nSPS) is 20.0. The van der Waals surface area contributed by atoms with Crippen LogP contribution in [-0.2, 0) is 14.8 Å². The van der Waals surface area contributed by atoms with Crippen molar-refractivity contribution in [2.24, 2.45) is 0 Å². The van der Waals surface area contributed by atoms with Crippen molar-refractivity contribution in [3.63, 3.8) is 0 Å². The van der Waals surface area contributed by atoms with Crippen molar-refractivity contribution in [3.05, 3.63) is 90.0 Å². The molecule has 0 amide bonds. The molecular formula is C33H32ClNO6S. The molecule has 4 aromatic carbocycles. The lowest BCUT2D eigenvalue weighted by atomic mass is 10.0. The Morgan fingerprint density at radius 3 is 2.05 bits per heavy atom. The Morgan fingerprint density at radius 1 is 0.762 bits per heavy atom. The molecule has 1 aliphatic carbocycles. The third-order valence-corrected chi connectivity index (χ3v) is 10.3. The predicted molar refractivity (Wildman–Crippen MR) is 163 cm³/mol. The van der Waals surface area contributed by atoms with Gasteiger partial charge in [0, 0.05) is 18.0 Å². The average Bonchev–Trinajstić information content (AvgIpc) is 3.50. The van der Waals surface area contributed by atoms with E-state index in [4.69, 9.17) is 21.1 Å². The summed E-state index contributed by atoms with van der Waals surface area (Å²) in [6.07, 6.45) is 4.68. The first kappa shape index (κ1) is 28.5. The Balaban J connectivity index is 1.15. The highest BCUT2D eigenvalue weighted by Gasteiger charge is 2.41. The van der Waals surface area contributed by atoms with Crippen LogP contribution < -0.4 is 9.47 Å². The van der Waals surface area contributed by atoms with Gasteiger partial charge >= 0.3 is 5.97 Å². The van der Waals surface area contributed by atoms with E-state index in [0.717, 1.165) is 44.8 Å². The zero-order chi connectivity index (χ0) is 29.3. The van der Waals surface area contributed by atoms with Gasteiger partial charge in [-0.1, -0.05) is 48.0 Å². The molecule has 6 rings (SSSR count). The van der Waals surface area contributed by atoms with Gasteiger partial charge in [0.05, 0.1) is 11.0 Å².